The molecule has 0 radical (unpaired) electrons. The number of anilines is 1. The van der Waals surface area contributed by atoms with Gasteiger partial charge in [0.15, 0.2) is 0 Å². The maximum atomic E-state index is 13.1. The summed E-state index contributed by atoms with van der Waals surface area (Å²) in [5.41, 5.74) is -0.182. The standard InChI is InChI=1S/C13H15FN2O3/c1-2-7-5-10(7)15-13(19)16-11-6-8(14)3-4-9(11)12(17)18/h3-4,6-7,10H,2,5H2,1H3,(H,17,18)(H2,15,16,19). The molecule has 2 amide bonds. The summed E-state index contributed by atoms with van der Waals surface area (Å²) in [5.74, 6) is -1.33. The molecule has 0 aromatic heterocycles. The van der Waals surface area contributed by atoms with Crippen LogP contribution < -0.4 is 10.6 Å². The molecule has 102 valence electrons. The van der Waals surface area contributed by atoms with Gasteiger partial charge in [-0.3, -0.25) is 0 Å². The predicted octanol–water partition coefficient (Wildman–Crippen LogP) is 2.44. The molecule has 1 aliphatic carbocycles. The van der Waals surface area contributed by atoms with E-state index in [0.717, 1.165) is 31.0 Å². The second-order valence-corrected chi connectivity index (χ2v) is 4.60. The normalized spacial score (nSPS) is 20.7. The summed E-state index contributed by atoms with van der Waals surface area (Å²) in [7, 11) is 0. The van der Waals surface area contributed by atoms with E-state index in [1.807, 2.05) is 6.92 Å². The number of rotatable bonds is 4. The first-order chi connectivity index (χ1) is 9.01. The van der Waals surface area contributed by atoms with Crippen LogP contribution in [-0.2, 0) is 0 Å². The number of amides is 2. The summed E-state index contributed by atoms with van der Waals surface area (Å²) < 4.78 is 13.1. The SMILES string of the molecule is CCC1CC1NC(=O)Nc1cc(F)ccc1C(=O)O. The highest BCUT2D eigenvalue weighted by atomic mass is 19.1. The van der Waals surface area contributed by atoms with E-state index in [2.05, 4.69) is 10.6 Å². The van der Waals surface area contributed by atoms with Crippen molar-refractivity contribution >= 4 is 17.7 Å². The topological polar surface area (TPSA) is 78.4 Å². The molecule has 0 bridgehead atoms. The van der Waals surface area contributed by atoms with E-state index in [9.17, 15) is 14.0 Å². The van der Waals surface area contributed by atoms with Crippen LogP contribution in [0.25, 0.3) is 0 Å². The quantitative estimate of drug-likeness (QED) is 0.783. The number of hydrogen-bond acceptors (Lipinski definition) is 2. The summed E-state index contributed by atoms with van der Waals surface area (Å²) in [4.78, 5) is 22.6. The predicted molar refractivity (Wildman–Crippen MR) is 67.7 cm³/mol. The molecule has 1 aliphatic rings. The van der Waals surface area contributed by atoms with Crippen molar-refractivity contribution < 1.29 is 19.1 Å². The summed E-state index contributed by atoms with van der Waals surface area (Å²) in [6.45, 7) is 2.04. The smallest absolute Gasteiger partial charge is 0.337 e. The summed E-state index contributed by atoms with van der Waals surface area (Å²) in [5, 5.41) is 14.1. The molecule has 0 saturated heterocycles. The number of nitrogens with one attached hydrogen (secondary N) is 2. The fraction of sp³-hybridized carbons (Fsp3) is 0.385. The highest BCUT2D eigenvalue weighted by molar-refractivity contribution is 6.00. The highest BCUT2D eigenvalue weighted by Crippen LogP contribution is 2.33. The molecule has 0 spiro atoms. The van der Waals surface area contributed by atoms with Crippen molar-refractivity contribution in [1.29, 1.82) is 0 Å². The van der Waals surface area contributed by atoms with Crippen LogP contribution in [0.2, 0.25) is 0 Å². The molecular weight excluding hydrogens is 251 g/mol. The van der Waals surface area contributed by atoms with Crippen molar-refractivity contribution in [3.8, 4) is 0 Å². The van der Waals surface area contributed by atoms with E-state index >= 15 is 0 Å². The van der Waals surface area contributed by atoms with Gasteiger partial charge in [-0.1, -0.05) is 13.3 Å². The Bertz CT molecular complexity index is 519. The highest BCUT2D eigenvalue weighted by Gasteiger charge is 2.36. The Kier molecular flexibility index (Phi) is 3.69. The van der Waals surface area contributed by atoms with Gasteiger partial charge in [-0.15, -0.1) is 0 Å². The molecule has 2 unspecified atom stereocenters. The molecule has 3 N–H and O–H groups in total. The van der Waals surface area contributed by atoms with Crippen LogP contribution in [0, 0.1) is 11.7 Å². The Morgan fingerprint density at radius 3 is 2.79 bits per heavy atom. The third-order valence-electron chi connectivity index (χ3n) is 3.22. The lowest BCUT2D eigenvalue weighted by molar-refractivity contribution is 0.0698. The monoisotopic (exact) mass is 266 g/mol. The Morgan fingerprint density at radius 2 is 2.21 bits per heavy atom. The summed E-state index contributed by atoms with van der Waals surface area (Å²) in [6.07, 6.45) is 1.92. The average molecular weight is 266 g/mol. The number of carbonyl (C=O) groups is 2. The Balaban J connectivity index is 2.03. The van der Waals surface area contributed by atoms with Gasteiger partial charge in [0, 0.05) is 6.04 Å². The van der Waals surface area contributed by atoms with Crippen LogP contribution in [0.5, 0.6) is 0 Å². The van der Waals surface area contributed by atoms with E-state index in [-0.39, 0.29) is 17.3 Å². The lowest BCUT2D eigenvalue weighted by atomic mass is 10.2. The molecule has 1 fully saturated rings. The fourth-order valence-corrected chi connectivity index (χ4v) is 2.01. The van der Waals surface area contributed by atoms with Gasteiger partial charge in [0.05, 0.1) is 11.3 Å². The molecule has 0 heterocycles. The first-order valence-electron chi connectivity index (χ1n) is 6.11. The van der Waals surface area contributed by atoms with Crippen molar-refractivity contribution in [2.24, 2.45) is 5.92 Å². The molecule has 0 aliphatic heterocycles. The van der Waals surface area contributed by atoms with Gasteiger partial charge < -0.3 is 15.7 Å². The van der Waals surface area contributed by atoms with Crippen molar-refractivity contribution in [2.45, 2.75) is 25.8 Å². The number of urea groups is 1. The van der Waals surface area contributed by atoms with Gasteiger partial charge in [0.2, 0.25) is 0 Å². The number of halogens is 1. The van der Waals surface area contributed by atoms with Crippen LogP contribution in [0.4, 0.5) is 14.9 Å². The number of benzene rings is 1. The van der Waals surface area contributed by atoms with Crippen LogP contribution in [0.1, 0.15) is 30.1 Å². The maximum Gasteiger partial charge on any atom is 0.337 e. The number of aromatic carboxylic acids is 1. The molecule has 1 saturated carbocycles. The van der Waals surface area contributed by atoms with E-state index in [1.165, 1.54) is 0 Å². The Morgan fingerprint density at radius 1 is 1.47 bits per heavy atom. The first-order valence-corrected chi connectivity index (χ1v) is 6.11. The van der Waals surface area contributed by atoms with Crippen LogP contribution in [0.3, 0.4) is 0 Å². The Hall–Kier alpha value is -2.11. The van der Waals surface area contributed by atoms with Crippen molar-refractivity contribution in [3.63, 3.8) is 0 Å². The number of carboxylic acids is 1. The van der Waals surface area contributed by atoms with Gasteiger partial charge >= 0.3 is 12.0 Å². The van der Waals surface area contributed by atoms with Gasteiger partial charge in [-0.25, -0.2) is 14.0 Å². The van der Waals surface area contributed by atoms with Crippen LogP contribution >= 0.6 is 0 Å². The zero-order valence-corrected chi connectivity index (χ0v) is 10.4. The third kappa shape index (κ3) is 3.21. The van der Waals surface area contributed by atoms with E-state index in [0.29, 0.717) is 5.92 Å². The largest absolute Gasteiger partial charge is 0.478 e. The zero-order valence-electron chi connectivity index (χ0n) is 10.4. The number of carboxylic acid groups (broad SMARTS) is 1. The van der Waals surface area contributed by atoms with Gasteiger partial charge in [0.25, 0.3) is 0 Å². The zero-order chi connectivity index (χ0) is 14.0. The second-order valence-electron chi connectivity index (χ2n) is 4.60. The lowest BCUT2D eigenvalue weighted by Crippen LogP contribution is -2.32. The lowest BCUT2D eigenvalue weighted by Gasteiger charge is -2.09. The Labute approximate surface area is 109 Å². The van der Waals surface area contributed by atoms with Crippen molar-refractivity contribution in [3.05, 3.63) is 29.6 Å². The molecular formula is C13H15FN2O3. The minimum absolute atomic E-state index is 0.0429. The summed E-state index contributed by atoms with van der Waals surface area (Å²) >= 11 is 0. The number of hydrogen-bond donors (Lipinski definition) is 3. The third-order valence-corrected chi connectivity index (χ3v) is 3.22. The van der Waals surface area contributed by atoms with Gasteiger partial charge in [-0.05, 0) is 30.5 Å². The second kappa shape index (κ2) is 5.26. The minimum atomic E-state index is -1.21. The van der Waals surface area contributed by atoms with Crippen molar-refractivity contribution in [2.75, 3.05) is 5.32 Å². The molecule has 2 atom stereocenters. The van der Waals surface area contributed by atoms with Gasteiger partial charge in [0.1, 0.15) is 5.82 Å². The molecule has 6 heteroatoms. The molecule has 2 rings (SSSR count). The molecule has 1 aromatic rings. The van der Waals surface area contributed by atoms with Crippen LogP contribution in [-0.4, -0.2) is 23.1 Å². The van der Waals surface area contributed by atoms with Gasteiger partial charge in [-0.2, -0.15) is 0 Å². The van der Waals surface area contributed by atoms with Crippen LogP contribution in [0.15, 0.2) is 18.2 Å². The minimum Gasteiger partial charge on any atom is -0.478 e. The van der Waals surface area contributed by atoms with E-state index in [1.54, 1.807) is 0 Å². The molecule has 1 aromatic carbocycles. The molecule has 19 heavy (non-hydrogen) atoms. The average Bonchev–Trinajstić information content (AvgIpc) is 3.06. The molecule has 5 nitrogen and oxygen atoms in total. The van der Waals surface area contributed by atoms with E-state index in [4.69, 9.17) is 5.11 Å². The van der Waals surface area contributed by atoms with Crippen molar-refractivity contribution in [1.82, 2.24) is 5.32 Å². The maximum absolute atomic E-state index is 13.1. The first kappa shape index (κ1) is 13.3. The van der Waals surface area contributed by atoms with E-state index < -0.39 is 17.8 Å². The number of carbonyl (C=O) groups excluding carboxylic acids is 1. The summed E-state index contributed by atoms with van der Waals surface area (Å²) in [6, 6.07) is 2.79. The fourth-order valence-electron chi connectivity index (χ4n) is 2.01.